The van der Waals surface area contributed by atoms with Crippen LogP contribution in [0.1, 0.15) is 5.56 Å². The van der Waals surface area contributed by atoms with Crippen molar-refractivity contribution in [1.82, 2.24) is 0 Å². The van der Waals surface area contributed by atoms with Crippen molar-refractivity contribution in [2.75, 3.05) is 0 Å². The third-order valence-corrected chi connectivity index (χ3v) is 2.95. The van der Waals surface area contributed by atoms with E-state index < -0.39 is 28.1 Å². The van der Waals surface area contributed by atoms with Gasteiger partial charge in [0.25, 0.3) is 4.92 Å². The number of phenols is 1. The molecule has 0 unspecified atom stereocenters. The summed E-state index contributed by atoms with van der Waals surface area (Å²) in [5, 5.41) is 18.1. The first kappa shape index (κ1) is 15.9. The molecule has 0 fully saturated rings. The molecule has 0 atom stereocenters. The lowest BCUT2D eigenvalue weighted by molar-refractivity contribution is -0.730. The van der Waals surface area contributed by atoms with E-state index in [2.05, 4.69) is 0 Å². The van der Waals surface area contributed by atoms with Crippen LogP contribution in [0.5, 0.6) is 17.2 Å². The van der Waals surface area contributed by atoms with Gasteiger partial charge >= 0.3 is 11.9 Å². The van der Waals surface area contributed by atoms with Crippen LogP contribution in [0.3, 0.4) is 0 Å². The maximum absolute atomic E-state index is 12.6. The van der Waals surface area contributed by atoms with E-state index in [9.17, 15) is 23.2 Å². The van der Waals surface area contributed by atoms with Crippen LogP contribution < -0.4 is 4.74 Å². The van der Waals surface area contributed by atoms with Crippen molar-refractivity contribution in [3.8, 4) is 17.2 Å². The van der Waals surface area contributed by atoms with Gasteiger partial charge in [-0.2, -0.15) is 13.2 Å². The Morgan fingerprint density at radius 1 is 1.14 bits per heavy atom. The number of aromatic hydroxyl groups is 1. The number of rotatable bonds is 3. The van der Waals surface area contributed by atoms with Crippen molar-refractivity contribution >= 4 is 17.3 Å². The zero-order chi connectivity index (χ0) is 16.5. The fourth-order valence-corrected chi connectivity index (χ4v) is 1.77. The molecular weight excluding hydrogens is 327 g/mol. The van der Waals surface area contributed by atoms with Crippen LogP contribution >= 0.6 is 11.6 Å². The molecule has 5 nitrogen and oxygen atoms in total. The Morgan fingerprint density at radius 2 is 1.82 bits per heavy atom. The van der Waals surface area contributed by atoms with Gasteiger partial charge in [-0.25, -0.2) is 5.21 Å². The second-order valence-corrected chi connectivity index (χ2v) is 4.58. The molecule has 2 rings (SSSR count). The summed E-state index contributed by atoms with van der Waals surface area (Å²) in [5.41, 5.74) is -1.39. The molecule has 2 N–H and O–H groups in total. The molecule has 0 aliphatic rings. The van der Waals surface area contributed by atoms with Gasteiger partial charge in [0.15, 0.2) is 0 Å². The number of alkyl halides is 3. The molecule has 116 valence electrons. The molecule has 9 heteroatoms. The number of nitrogens with zero attached hydrogens (tertiary/aromatic N) is 1. The van der Waals surface area contributed by atoms with Gasteiger partial charge in [-0.15, -0.1) is 0 Å². The summed E-state index contributed by atoms with van der Waals surface area (Å²) in [6.07, 6.45) is -4.56. The maximum Gasteiger partial charge on any atom is 0.416 e. The normalized spacial score (nSPS) is 11.3. The summed E-state index contributed by atoms with van der Waals surface area (Å²) in [7, 11) is 0. The van der Waals surface area contributed by atoms with E-state index in [1.54, 1.807) is 0 Å². The van der Waals surface area contributed by atoms with Crippen LogP contribution in [-0.2, 0) is 6.18 Å². The third-order valence-electron chi connectivity index (χ3n) is 2.64. The fraction of sp³-hybridized carbons (Fsp3) is 0.0769. The molecule has 22 heavy (non-hydrogen) atoms. The Bertz CT molecular complexity index is 734. The number of halogens is 4. The molecule has 0 saturated heterocycles. The fourth-order valence-electron chi connectivity index (χ4n) is 1.61. The van der Waals surface area contributed by atoms with Crippen LogP contribution in [0.15, 0.2) is 36.4 Å². The largest absolute Gasteiger partial charge is 0.502 e. The average Bonchev–Trinajstić information content (AvgIpc) is 2.39. The molecule has 0 aliphatic heterocycles. The minimum Gasteiger partial charge on any atom is -0.502 e. The number of phenolic OH excluding ortho intramolecular Hbond substituents is 1. The van der Waals surface area contributed by atoms with Gasteiger partial charge in [-0.3, -0.25) is 0 Å². The van der Waals surface area contributed by atoms with Gasteiger partial charge in [0.05, 0.1) is 15.5 Å². The predicted molar refractivity (Wildman–Crippen MR) is 69.7 cm³/mol. The maximum atomic E-state index is 12.6. The van der Waals surface area contributed by atoms with Gasteiger partial charge < -0.3 is 9.84 Å². The lowest BCUT2D eigenvalue weighted by Gasteiger charge is -2.11. The smallest absolute Gasteiger partial charge is 0.416 e. The first-order chi connectivity index (χ1) is 10.2. The summed E-state index contributed by atoms with van der Waals surface area (Å²) in [6, 6.07) is 5.69. The molecule has 0 heterocycles. The molecular formula is C13H8ClF3NO4+. The molecule has 0 bridgehead atoms. The highest BCUT2D eigenvalue weighted by atomic mass is 35.5. The van der Waals surface area contributed by atoms with Gasteiger partial charge in [-0.1, -0.05) is 11.6 Å². The summed E-state index contributed by atoms with van der Waals surface area (Å²) in [5.74, 6) is -0.950. The highest BCUT2D eigenvalue weighted by Gasteiger charge is 2.31. The van der Waals surface area contributed by atoms with Crippen LogP contribution in [0.4, 0.5) is 18.9 Å². The monoisotopic (exact) mass is 334 g/mol. The van der Waals surface area contributed by atoms with Crippen LogP contribution in [-0.4, -0.2) is 15.2 Å². The Labute approximate surface area is 126 Å². The lowest BCUT2D eigenvalue weighted by Crippen LogP contribution is -2.04. The van der Waals surface area contributed by atoms with E-state index in [0.29, 0.717) is 6.07 Å². The molecule has 2 aromatic rings. The average molecular weight is 335 g/mol. The van der Waals surface area contributed by atoms with Crippen LogP contribution in [0.2, 0.25) is 5.02 Å². The summed E-state index contributed by atoms with van der Waals surface area (Å²) in [4.78, 5) is 10.1. The molecule has 0 aromatic heterocycles. The highest BCUT2D eigenvalue weighted by Crippen LogP contribution is 2.38. The van der Waals surface area contributed by atoms with Crippen molar-refractivity contribution in [2.24, 2.45) is 0 Å². The Hall–Kier alpha value is -2.48. The molecule has 0 aliphatic carbocycles. The Morgan fingerprint density at radius 3 is 2.36 bits per heavy atom. The van der Waals surface area contributed by atoms with Gasteiger partial charge in [-0.05, 0) is 24.3 Å². The van der Waals surface area contributed by atoms with Crippen LogP contribution in [0, 0.1) is 4.91 Å². The van der Waals surface area contributed by atoms with E-state index in [4.69, 9.17) is 21.5 Å². The lowest BCUT2D eigenvalue weighted by atomic mass is 10.2. The van der Waals surface area contributed by atoms with E-state index in [1.165, 1.54) is 6.07 Å². The highest BCUT2D eigenvalue weighted by molar-refractivity contribution is 6.32. The minimum atomic E-state index is -4.56. The zero-order valence-electron chi connectivity index (χ0n) is 10.6. The quantitative estimate of drug-likeness (QED) is 0.801. The van der Waals surface area contributed by atoms with Gasteiger partial charge in [0.1, 0.15) is 11.5 Å². The number of hydrogen-bond acceptors (Lipinski definition) is 3. The standard InChI is InChI=1S/C13H7ClF3NO4/c14-9-3-1-7(13(15,16)17)5-12(9)22-8-2-4-10(18(20)21)11(19)6-8/h1-6H,(H-,19,20,21)/p+1. The molecule has 0 spiro atoms. The molecule has 0 radical (unpaired) electrons. The summed E-state index contributed by atoms with van der Waals surface area (Å²) < 4.78 is 43.1. The summed E-state index contributed by atoms with van der Waals surface area (Å²) in [6.45, 7) is 0. The van der Waals surface area contributed by atoms with E-state index in [0.717, 1.165) is 24.3 Å². The number of benzene rings is 2. The second-order valence-electron chi connectivity index (χ2n) is 4.17. The van der Waals surface area contributed by atoms with Crippen molar-refractivity contribution in [2.45, 2.75) is 6.18 Å². The minimum absolute atomic E-state index is 0.0654. The van der Waals surface area contributed by atoms with E-state index >= 15 is 0 Å². The molecule has 0 saturated carbocycles. The molecule has 2 aromatic carbocycles. The zero-order valence-corrected chi connectivity index (χ0v) is 11.4. The number of ether oxygens (including phenoxy) is 1. The second kappa shape index (κ2) is 5.72. The van der Waals surface area contributed by atoms with Crippen molar-refractivity contribution in [3.63, 3.8) is 0 Å². The topological polar surface area (TPSA) is 69.8 Å². The van der Waals surface area contributed by atoms with E-state index in [1.807, 2.05) is 0 Å². The van der Waals surface area contributed by atoms with Crippen molar-refractivity contribution < 1.29 is 33.1 Å². The van der Waals surface area contributed by atoms with E-state index in [-0.39, 0.29) is 16.5 Å². The Balaban J connectivity index is 2.35. The van der Waals surface area contributed by atoms with Crippen LogP contribution in [0.25, 0.3) is 0 Å². The SMILES string of the molecule is O=[N+](O)c1ccc(Oc2cc(C(F)(F)F)ccc2Cl)cc1O. The van der Waals surface area contributed by atoms with Crippen molar-refractivity contribution in [3.05, 3.63) is 51.9 Å². The van der Waals surface area contributed by atoms with Gasteiger partial charge in [0.2, 0.25) is 5.75 Å². The first-order valence-electron chi connectivity index (χ1n) is 5.72. The first-order valence-corrected chi connectivity index (χ1v) is 6.10. The Kier molecular flexibility index (Phi) is 4.14. The summed E-state index contributed by atoms with van der Waals surface area (Å²) >= 11 is 5.76. The third kappa shape index (κ3) is 3.40. The van der Waals surface area contributed by atoms with Crippen molar-refractivity contribution in [1.29, 1.82) is 0 Å². The van der Waals surface area contributed by atoms with Gasteiger partial charge in [0, 0.05) is 12.1 Å². The predicted octanol–water partition coefficient (Wildman–Crippen LogP) is 4.66. The number of hydrogen-bond donors (Lipinski definition) is 2. The molecule has 0 amide bonds.